The Labute approximate surface area is 95.6 Å². The van der Waals surface area contributed by atoms with Crippen LogP contribution < -0.4 is 10.6 Å². The van der Waals surface area contributed by atoms with Crippen molar-refractivity contribution in [1.82, 2.24) is 10.6 Å². The smallest absolute Gasteiger partial charge is 0.239 e. The maximum Gasteiger partial charge on any atom is 0.239 e. The number of hydrogen-bond donors (Lipinski definition) is 3. The third-order valence-corrected chi connectivity index (χ3v) is 2.82. The van der Waals surface area contributed by atoms with Crippen molar-refractivity contribution in [3.63, 3.8) is 0 Å². The fourth-order valence-corrected chi connectivity index (χ4v) is 1.92. The highest BCUT2D eigenvalue weighted by Crippen LogP contribution is 2.17. The third kappa shape index (κ3) is 4.61. The lowest BCUT2D eigenvalue weighted by molar-refractivity contribution is -0.126. The molecule has 1 fully saturated rings. The Kier molecular flexibility index (Phi) is 5.25. The van der Waals surface area contributed by atoms with E-state index in [-0.39, 0.29) is 24.4 Å². The third-order valence-electron chi connectivity index (χ3n) is 2.82. The monoisotopic (exact) mass is 228 g/mol. The Bertz CT molecular complexity index is 256. The van der Waals surface area contributed by atoms with Crippen LogP contribution in [0, 0.1) is 0 Å². The first-order chi connectivity index (χ1) is 7.59. The highest BCUT2D eigenvalue weighted by Gasteiger charge is 2.22. The molecular weight excluding hydrogens is 208 g/mol. The molecule has 0 radical (unpaired) electrons. The van der Waals surface area contributed by atoms with Crippen molar-refractivity contribution < 1.29 is 14.7 Å². The molecule has 1 saturated carbocycles. The molecule has 3 N–H and O–H groups in total. The molecule has 2 amide bonds. The van der Waals surface area contributed by atoms with Gasteiger partial charge >= 0.3 is 0 Å². The lowest BCUT2D eigenvalue weighted by Gasteiger charge is -2.21. The molecule has 0 saturated heterocycles. The van der Waals surface area contributed by atoms with Crippen molar-refractivity contribution in [2.24, 2.45) is 0 Å². The first kappa shape index (κ1) is 13.0. The van der Waals surface area contributed by atoms with Crippen LogP contribution in [-0.4, -0.2) is 35.6 Å². The van der Waals surface area contributed by atoms with Gasteiger partial charge in [-0.3, -0.25) is 9.59 Å². The zero-order valence-electron chi connectivity index (χ0n) is 9.66. The summed E-state index contributed by atoms with van der Waals surface area (Å²) in [6.45, 7) is 1.35. The molecule has 0 heterocycles. The summed E-state index contributed by atoms with van der Waals surface area (Å²) in [6.07, 6.45) is 4.25. The van der Waals surface area contributed by atoms with Crippen molar-refractivity contribution in [3.05, 3.63) is 0 Å². The molecule has 1 aliphatic rings. The number of rotatable bonds is 3. The Balaban J connectivity index is 2.33. The van der Waals surface area contributed by atoms with Gasteiger partial charge in [0.05, 0.1) is 18.7 Å². The summed E-state index contributed by atoms with van der Waals surface area (Å²) < 4.78 is 0. The van der Waals surface area contributed by atoms with Gasteiger partial charge in [0.15, 0.2) is 0 Å². The lowest BCUT2D eigenvalue weighted by Crippen LogP contribution is -2.46. The van der Waals surface area contributed by atoms with Gasteiger partial charge in [-0.2, -0.15) is 0 Å². The van der Waals surface area contributed by atoms with Crippen LogP contribution in [0.5, 0.6) is 0 Å². The van der Waals surface area contributed by atoms with Gasteiger partial charge in [-0.05, 0) is 12.8 Å². The lowest BCUT2D eigenvalue weighted by atomic mass is 10.1. The van der Waals surface area contributed by atoms with E-state index in [2.05, 4.69) is 10.6 Å². The van der Waals surface area contributed by atoms with Crippen LogP contribution in [0.1, 0.15) is 39.0 Å². The average molecular weight is 228 g/mol. The average Bonchev–Trinajstić information content (AvgIpc) is 2.42. The van der Waals surface area contributed by atoms with Crippen molar-refractivity contribution in [2.45, 2.75) is 51.2 Å². The second-order valence-corrected chi connectivity index (χ2v) is 4.29. The van der Waals surface area contributed by atoms with Gasteiger partial charge in [0, 0.05) is 6.92 Å². The van der Waals surface area contributed by atoms with Gasteiger partial charge in [-0.1, -0.05) is 19.3 Å². The molecule has 0 bridgehead atoms. The minimum atomic E-state index is -0.455. The Morgan fingerprint density at radius 2 is 1.94 bits per heavy atom. The summed E-state index contributed by atoms with van der Waals surface area (Å²) in [5, 5.41) is 15.0. The highest BCUT2D eigenvalue weighted by molar-refractivity contribution is 5.83. The zero-order chi connectivity index (χ0) is 12.0. The molecule has 92 valence electrons. The van der Waals surface area contributed by atoms with Crippen molar-refractivity contribution >= 4 is 11.8 Å². The molecule has 5 nitrogen and oxygen atoms in total. The molecule has 0 aromatic carbocycles. The predicted octanol–water partition coefficient (Wildman–Crippen LogP) is -0.0677. The summed E-state index contributed by atoms with van der Waals surface area (Å²) >= 11 is 0. The summed E-state index contributed by atoms with van der Waals surface area (Å²) in [5.41, 5.74) is 0. The number of aliphatic hydroxyl groups excluding tert-OH is 1. The van der Waals surface area contributed by atoms with E-state index < -0.39 is 6.10 Å². The van der Waals surface area contributed by atoms with Crippen LogP contribution in [0.15, 0.2) is 0 Å². The van der Waals surface area contributed by atoms with E-state index in [9.17, 15) is 14.7 Å². The van der Waals surface area contributed by atoms with Crippen LogP contribution in [-0.2, 0) is 9.59 Å². The first-order valence-electron chi connectivity index (χ1n) is 5.81. The van der Waals surface area contributed by atoms with E-state index in [1.807, 2.05) is 0 Å². The molecule has 1 aliphatic carbocycles. The van der Waals surface area contributed by atoms with Crippen LogP contribution in [0.4, 0.5) is 0 Å². The van der Waals surface area contributed by atoms with E-state index >= 15 is 0 Å². The Morgan fingerprint density at radius 1 is 1.25 bits per heavy atom. The molecule has 5 heteroatoms. The number of nitrogens with one attached hydrogen (secondary N) is 2. The summed E-state index contributed by atoms with van der Waals surface area (Å²) in [6, 6.07) is -0.163. The number of aliphatic hydroxyl groups is 1. The molecule has 2 atom stereocenters. The second kappa shape index (κ2) is 6.48. The van der Waals surface area contributed by atoms with Crippen molar-refractivity contribution in [3.8, 4) is 0 Å². The largest absolute Gasteiger partial charge is 0.391 e. The molecular formula is C11H20N2O3. The molecule has 0 aromatic heterocycles. The van der Waals surface area contributed by atoms with Crippen LogP contribution >= 0.6 is 0 Å². The van der Waals surface area contributed by atoms with E-state index in [1.165, 1.54) is 6.92 Å². The fraction of sp³-hybridized carbons (Fsp3) is 0.818. The second-order valence-electron chi connectivity index (χ2n) is 4.29. The van der Waals surface area contributed by atoms with Crippen molar-refractivity contribution in [2.75, 3.05) is 6.54 Å². The molecule has 1 rings (SSSR count). The number of carbonyl (C=O) groups excluding carboxylic acids is 2. The fourth-order valence-electron chi connectivity index (χ4n) is 1.92. The van der Waals surface area contributed by atoms with Gasteiger partial charge in [-0.25, -0.2) is 0 Å². The standard InChI is InChI=1S/C11H20N2O3/c1-8(14)12-7-11(16)13-9-5-3-2-4-6-10(9)15/h9-10,15H,2-7H2,1H3,(H,12,14)(H,13,16). The highest BCUT2D eigenvalue weighted by atomic mass is 16.3. The van der Waals surface area contributed by atoms with Gasteiger partial charge in [0.1, 0.15) is 0 Å². The Hall–Kier alpha value is -1.10. The minimum Gasteiger partial charge on any atom is -0.391 e. The van der Waals surface area contributed by atoms with Crippen LogP contribution in [0.2, 0.25) is 0 Å². The maximum absolute atomic E-state index is 11.4. The number of amides is 2. The van der Waals surface area contributed by atoms with Gasteiger partial charge in [0.25, 0.3) is 0 Å². The van der Waals surface area contributed by atoms with Crippen LogP contribution in [0.25, 0.3) is 0 Å². The van der Waals surface area contributed by atoms with Gasteiger partial charge in [-0.15, -0.1) is 0 Å². The maximum atomic E-state index is 11.4. The molecule has 2 unspecified atom stereocenters. The normalized spacial score (nSPS) is 25.6. The summed E-state index contributed by atoms with van der Waals surface area (Å²) in [5.74, 6) is -0.460. The number of carbonyl (C=O) groups is 2. The first-order valence-corrected chi connectivity index (χ1v) is 5.81. The van der Waals surface area contributed by atoms with Gasteiger partial charge < -0.3 is 15.7 Å². The van der Waals surface area contributed by atoms with E-state index in [1.54, 1.807) is 0 Å². The minimum absolute atomic E-state index is 0.0153. The van der Waals surface area contributed by atoms with Crippen molar-refractivity contribution in [1.29, 1.82) is 0 Å². The summed E-state index contributed by atoms with van der Waals surface area (Å²) in [4.78, 5) is 22.1. The summed E-state index contributed by atoms with van der Waals surface area (Å²) in [7, 11) is 0. The SMILES string of the molecule is CC(=O)NCC(=O)NC1CCCCCC1O. The van der Waals surface area contributed by atoms with Gasteiger partial charge in [0.2, 0.25) is 11.8 Å². The molecule has 16 heavy (non-hydrogen) atoms. The van der Waals surface area contributed by atoms with E-state index in [0.29, 0.717) is 0 Å². The zero-order valence-corrected chi connectivity index (χ0v) is 9.66. The predicted molar refractivity (Wildman–Crippen MR) is 59.7 cm³/mol. The topological polar surface area (TPSA) is 78.4 Å². The van der Waals surface area contributed by atoms with E-state index in [0.717, 1.165) is 32.1 Å². The molecule has 0 spiro atoms. The number of hydrogen-bond acceptors (Lipinski definition) is 3. The quantitative estimate of drug-likeness (QED) is 0.592. The molecule has 0 aliphatic heterocycles. The van der Waals surface area contributed by atoms with E-state index in [4.69, 9.17) is 0 Å². The Morgan fingerprint density at radius 3 is 2.62 bits per heavy atom. The van der Waals surface area contributed by atoms with Crippen LogP contribution in [0.3, 0.4) is 0 Å². The molecule has 0 aromatic rings.